The molecule has 0 amide bonds. The lowest BCUT2D eigenvalue weighted by molar-refractivity contribution is -0.284. The Hall–Kier alpha value is -7.72. The fourth-order valence-corrected chi connectivity index (χ4v) is 5.80. The maximum Gasteiger partial charge on any atom is 0.339 e. The number of aliphatic hydroxyl groups excluding tert-OH is 1. The van der Waals surface area contributed by atoms with E-state index in [1.807, 2.05) is 0 Å². The first kappa shape index (κ1) is 38.0. The Labute approximate surface area is 309 Å². The zero-order valence-electron chi connectivity index (χ0n) is 27.5. The molecule has 2 aliphatic heterocycles. The van der Waals surface area contributed by atoms with Crippen LogP contribution >= 0.6 is 0 Å². The van der Waals surface area contributed by atoms with Gasteiger partial charge in [-0.15, -0.1) is 0 Å². The largest absolute Gasteiger partial charge is 0.504 e. The molecule has 2 heterocycles. The van der Waals surface area contributed by atoms with Crippen molar-refractivity contribution in [1.82, 2.24) is 0 Å². The highest BCUT2D eigenvalue weighted by atomic mass is 16.7. The molecule has 22 heteroatoms. The van der Waals surface area contributed by atoms with E-state index in [2.05, 4.69) is 0 Å². The molecule has 294 valence electrons. The van der Waals surface area contributed by atoms with Crippen molar-refractivity contribution < 1.29 is 109 Å². The summed E-state index contributed by atoms with van der Waals surface area (Å²) in [6.45, 7) is -1.09. The highest BCUT2D eigenvalue weighted by molar-refractivity contribution is 6.08. The predicted molar refractivity (Wildman–Crippen MR) is 174 cm³/mol. The summed E-state index contributed by atoms with van der Waals surface area (Å²) in [6, 6.07) is 3.41. The minimum Gasteiger partial charge on any atom is -0.504 e. The number of hydrogen-bond acceptors (Lipinski definition) is 22. The number of phenolic OH excluding ortho intramolecular Hbond substituents is 12. The van der Waals surface area contributed by atoms with Crippen LogP contribution in [0.15, 0.2) is 36.4 Å². The van der Waals surface area contributed by atoms with Crippen LogP contribution < -0.4 is 0 Å². The molecule has 4 aromatic rings. The molecule has 13 N–H and O–H groups in total. The molecule has 0 radical (unpaired) electrons. The first-order chi connectivity index (χ1) is 26.3. The number of carbonyl (C=O) groups excluding carboxylic acids is 4. The first-order valence-corrected chi connectivity index (χ1v) is 15.5. The minimum absolute atomic E-state index is 0.459. The highest BCUT2D eigenvalue weighted by Crippen LogP contribution is 2.53. The molecule has 0 spiro atoms. The average Bonchev–Trinajstić information content (AvgIpc) is 3.16. The minimum atomic E-state index is -2.42. The molecule has 1 saturated heterocycles. The number of esters is 4. The van der Waals surface area contributed by atoms with Crippen LogP contribution in [0.4, 0.5) is 0 Å². The zero-order chi connectivity index (χ0) is 41.1. The molecular weight excluding hydrogens is 760 g/mol. The third-order valence-electron chi connectivity index (χ3n) is 8.53. The Morgan fingerprint density at radius 3 is 1.38 bits per heavy atom. The highest BCUT2D eigenvalue weighted by Gasteiger charge is 2.53. The van der Waals surface area contributed by atoms with Gasteiger partial charge in [0.05, 0.1) is 22.3 Å². The lowest BCUT2D eigenvalue weighted by Gasteiger charge is -2.42. The van der Waals surface area contributed by atoms with Crippen molar-refractivity contribution in [2.24, 2.45) is 0 Å². The fourth-order valence-electron chi connectivity index (χ4n) is 5.80. The van der Waals surface area contributed by atoms with Gasteiger partial charge in [0, 0.05) is 11.1 Å². The molecule has 0 bridgehead atoms. The number of hydrogen-bond donors (Lipinski definition) is 13. The van der Waals surface area contributed by atoms with Gasteiger partial charge in [0.2, 0.25) is 11.5 Å². The molecule has 0 aromatic heterocycles. The molecule has 22 nitrogen and oxygen atoms in total. The molecule has 1 fully saturated rings. The first-order valence-electron chi connectivity index (χ1n) is 15.5. The molecule has 0 saturated carbocycles. The summed E-state index contributed by atoms with van der Waals surface area (Å²) < 4.78 is 27.0. The van der Waals surface area contributed by atoms with Gasteiger partial charge in [0.15, 0.2) is 82.1 Å². The van der Waals surface area contributed by atoms with Crippen LogP contribution in [0.5, 0.6) is 69.0 Å². The Balaban J connectivity index is 1.51. The monoisotopic (exact) mass is 786 g/mol. The molecule has 4 aromatic carbocycles. The maximum atomic E-state index is 14.0. The number of rotatable bonds is 4. The van der Waals surface area contributed by atoms with E-state index in [1.54, 1.807) is 0 Å². The van der Waals surface area contributed by atoms with Crippen LogP contribution in [0.3, 0.4) is 0 Å². The smallest absolute Gasteiger partial charge is 0.339 e. The molecule has 5 atom stereocenters. The van der Waals surface area contributed by atoms with Gasteiger partial charge in [-0.2, -0.15) is 0 Å². The van der Waals surface area contributed by atoms with Crippen molar-refractivity contribution in [3.8, 4) is 80.1 Å². The van der Waals surface area contributed by atoms with Crippen molar-refractivity contribution in [3.05, 3.63) is 58.7 Å². The molecule has 56 heavy (non-hydrogen) atoms. The van der Waals surface area contributed by atoms with E-state index in [1.165, 1.54) is 0 Å². The summed E-state index contributed by atoms with van der Waals surface area (Å²) in [5, 5.41) is 133. The van der Waals surface area contributed by atoms with E-state index in [0.29, 0.717) is 36.4 Å². The Bertz CT molecular complexity index is 2290. The van der Waals surface area contributed by atoms with E-state index in [0.717, 1.165) is 0 Å². The van der Waals surface area contributed by atoms with E-state index in [-0.39, 0.29) is 0 Å². The molecule has 3 unspecified atom stereocenters. The lowest BCUT2D eigenvalue weighted by Crippen LogP contribution is -2.62. The second kappa shape index (κ2) is 13.9. The standard InChI is InChI=1S/C34H26O22/c35-12-1-8(2-13(36)21(12)41)30(47)55-28-27-18(53-34(51)29(28)56-31(48)9-3-14(37)22(42)15(38)4-9)7-52-32(49)10-5-16(39)23(43)25(45)19(10)20-11(33(50)54-27)6-17(40)24(44)26(20)46/h1-6,18,27-29,34-46,51H,7H2/t18?,27-,28?,29?,34+/m1/s1. The van der Waals surface area contributed by atoms with E-state index < -0.39 is 164 Å². The van der Waals surface area contributed by atoms with Crippen LogP contribution in [-0.2, 0) is 23.7 Å². The normalized spacial score (nSPS) is 20.6. The number of carbonyl (C=O) groups is 4. The van der Waals surface area contributed by atoms with Gasteiger partial charge in [-0.3, -0.25) is 0 Å². The predicted octanol–water partition coefficient (Wildman–Crippen LogP) is 0.685. The number of ether oxygens (including phenoxy) is 5. The summed E-state index contributed by atoms with van der Waals surface area (Å²) in [4.78, 5) is 54.3. The van der Waals surface area contributed by atoms with Crippen molar-refractivity contribution in [2.75, 3.05) is 6.61 Å². The van der Waals surface area contributed by atoms with Gasteiger partial charge in [0.1, 0.15) is 12.7 Å². The van der Waals surface area contributed by atoms with Crippen LogP contribution in [-0.4, -0.2) is 128 Å². The molecule has 2 aliphatic rings. The lowest BCUT2D eigenvalue weighted by atomic mass is 9.92. The van der Waals surface area contributed by atoms with Crippen LogP contribution in [0, 0.1) is 0 Å². The van der Waals surface area contributed by atoms with Crippen LogP contribution in [0.25, 0.3) is 11.1 Å². The maximum absolute atomic E-state index is 14.0. The van der Waals surface area contributed by atoms with E-state index in [4.69, 9.17) is 23.7 Å². The van der Waals surface area contributed by atoms with Crippen molar-refractivity contribution >= 4 is 23.9 Å². The molecule has 6 rings (SSSR count). The Morgan fingerprint density at radius 1 is 0.536 bits per heavy atom. The van der Waals surface area contributed by atoms with Gasteiger partial charge in [-0.1, -0.05) is 0 Å². The van der Waals surface area contributed by atoms with Gasteiger partial charge in [0.25, 0.3) is 0 Å². The summed E-state index contributed by atoms with van der Waals surface area (Å²) in [5.41, 5.74) is -5.28. The molecular formula is C34H26O22. The summed E-state index contributed by atoms with van der Waals surface area (Å²) >= 11 is 0. The third-order valence-corrected chi connectivity index (χ3v) is 8.53. The van der Waals surface area contributed by atoms with Crippen LogP contribution in [0.1, 0.15) is 41.4 Å². The average molecular weight is 787 g/mol. The van der Waals surface area contributed by atoms with Crippen LogP contribution in [0.2, 0.25) is 0 Å². The quantitative estimate of drug-likeness (QED) is 0.0768. The summed E-state index contributed by atoms with van der Waals surface area (Å²) in [6.07, 6.45) is -11.2. The summed E-state index contributed by atoms with van der Waals surface area (Å²) in [5.74, 6) is -20.2. The second-order valence-corrected chi connectivity index (χ2v) is 12.0. The van der Waals surface area contributed by atoms with Gasteiger partial charge in [-0.05, 0) is 36.4 Å². The number of cyclic esters (lactones) is 1. The zero-order valence-corrected chi connectivity index (χ0v) is 27.5. The molecule has 0 aliphatic carbocycles. The van der Waals surface area contributed by atoms with Crippen molar-refractivity contribution in [1.29, 1.82) is 0 Å². The fraction of sp³-hybridized carbons (Fsp3) is 0.176. The van der Waals surface area contributed by atoms with Gasteiger partial charge >= 0.3 is 23.9 Å². The number of benzene rings is 4. The number of aromatic hydroxyl groups is 12. The number of aliphatic hydroxyl groups is 1. The van der Waals surface area contributed by atoms with Gasteiger partial charge in [-0.25, -0.2) is 19.2 Å². The van der Waals surface area contributed by atoms with E-state index >= 15 is 0 Å². The second-order valence-electron chi connectivity index (χ2n) is 12.0. The Kier molecular flexibility index (Phi) is 9.45. The Morgan fingerprint density at radius 2 is 0.929 bits per heavy atom. The van der Waals surface area contributed by atoms with Gasteiger partial charge < -0.3 is 90.1 Å². The van der Waals surface area contributed by atoms with E-state index in [9.17, 15) is 85.6 Å². The number of phenols is 12. The summed E-state index contributed by atoms with van der Waals surface area (Å²) in [7, 11) is 0. The third kappa shape index (κ3) is 6.45. The SMILES string of the molecule is O=C(OC1C(OC(=O)c2cc(O)c(O)c(O)c2)[C@@H](O)OC2COC(=O)c3cc(O)c(O)c(O)c3-c3c(cc(O)c(O)c3O)C(=O)O[C@H]21)c1cc(O)c(O)c(O)c1. The van der Waals surface area contributed by atoms with Crippen molar-refractivity contribution in [3.63, 3.8) is 0 Å². The van der Waals surface area contributed by atoms with Crippen molar-refractivity contribution in [2.45, 2.75) is 30.7 Å². The topological polar surface area (TPSA) is 377 Å². The number of fused-ring (bicyclic) bond motifs is 4.